The Morgan fingerprint density at radius 2 is 1.77 bits per heavy atom. The van der Waals surface area contributed by atoms with Gasteiger partial charge in [0.15, 0.2) is 6.61 Å². The van der Waals surface area contributed by atoms with Crippen LogP contribution in [0.25, 0.3) is 0 Å². The standard InChI is InChI=1S/C21H20Cl2F3NO3/c1-2-3-14(17-9-8-16(22)10-18(17)23)11-27-19(28)12-30-20(29)13-4-6-15(7-5-13)21(24,25)26/h4-10,14H,2-3,11-12H2,1H3,(H,27,28)/t14-/m0/s1. The number of hydrogen-bond donors (Lipinski definition) is 1. The van der Waals surface area contributed by atoms with Crippen molar-refractivity contribution < 1.29 is 27.5 Å². The molecule has 0 aliphatic carbocycles. The Morgan fingerprint density at radius 1 is 1.10 bits per heavy atom. The van der Waals surface area contributed by atoms with E-state index in [1.807, 2.05) is 13.0 Å². The van der Waals surface area contributed by atoms with E-state index in [1.54, 1.807) is 12.1 Å². The molecule has 162 valence electrons. The maximum Gasteiger partial charge on any atom is 0.416 e. The molecule has 0 heterocycles. The lowest BCUT2D eigenvalue weighted by Gasteiger charge is -2.19. The molecule has 0 aliphatic heterocycles. The van der Waals surface area contributed by atoms with Gasteiger partial charge in [-0.2, -0.15) is 13.2 Å². The molecule has 0 bridgehead atoms. The summed E-state index contributed by atoms with van der Waals surface area (Å²) in [6, 6.07) is 8.73. The summed E-state index contributed by atoms with van der Waals surface area (Å²) in [6.45, 7) is 1.74. The fourth-order valence-corrected chi connectivity index (χ4v) is 3.41. The fraction of sp³-hybridized carbons (Fsp3) is 0.333. The zero-order valence-electron chi connectivity index (χ0n) is 16.1. The minimum absolute atomic E-state index is 0.0469. The number of benzene rings is 2. The molecule has 0 saturated heterocycles. The highest BCUT2D eigenvalue weighted by atomic mass is 35.5. The van der Waals surface area contributed by atoms with Crippen molar-refractivity contribution in [3.63, 3.8) is 0 Å². The third-order valence-electron chi connectivity index (χ3n) is 4.37. The Hall–Kier alpha value is -2.25. The van der Waals surface area contributed by atoms with E-state index in [-0.39, 0.29) is 18.0 Å². The topological polar surface area (TPSA) is 55.4 Å². The molecule has 0 aromatic heterocycles. The summed E-state index contributed by atoms with van der Waals surface area (Å²) >= 11 is 12.2. The quantitative estimate of drug-likeness (QED) is 0.500. The number of halogens is 5. The molecule has 2 aromatic rings. The SMILES string of the molecule is CCC[C@@H](CNC(=O)COC(=O)c1ccc(C(F)(F)F)cc1)c1ccc(Cl)cc1Cl. The molecule has 4 nitrogen and oxygen atoms in total. The van der Waals surface area contributed by atoms with Gasteiger partial charge in [0.25, 0.3) is 5.91 Å². The molecule has 9 heteroatoms. The summed E-state index contributed by atoms with van der Waals surface area (Å²) in [5.74, 6) is -1.46. The van der Waals surface area contributed by atoms with Gasteiger partial charge in [0.1, 0.15) is 0 Å². The zero-order chi connectivity index (χ0) is 22.3. The van der Waals surface area contributed by atoms with Gasteiger partial charge in [-0.25, -0.2) is 4.79 Å². The van der Waals surface area contributed by atoms with Crippen LogP contribution >= 0.6 is 23.2 Å². The summed E-state index contributed by atoms with van der Waals surface area (Å²) in [5.41, 5.74) is -0.0998. The normalized spacial score (nSPS) is 12.3. The smallest absolute Gasteiger partial charge is 0.416 e. The summed E-state index contributed by atoms with van der Waals surface area (Å²) < 4.78 is 42.6. The Balaban J connectivity index is 1.89. The summed E-state index contributed by atoms with van der Waals surface area (Å²) in [7, 11) is 0. The minimum atomic E-state index is -4.50. The molecule has 0 radical (unpaired) electrons. The van der Waals surface area contributed by atoms with Crippen LogP contribution in [0.1, 0.15) is 47.2 Å². The number of hydrogen-bond acceptors (Lipinski definition) is 3. The number of alkyl halides is 3. The lowest BCUT2D eigenvalue weighted by Crippen LogP contribution is -2.32. The Labute approximate surface area is 182 Å². The van der Waals surface area contributed by atoms with Crippen molar-refractivity contribution in [2.45, 2.75) is 31.9 Å². The van der Waals surface area contributed by atoms with E-state index >= 15 is 0 Å². The van der Waals surface area contributed by atoms with Crippen molar-refractivity contribution in [1.29, 1.82) is 0 Å². The van der Waals surface area contributed by atoms with Gasteiger partial charge in [-0.05, 0) is 48.4 Å². The third kappa shape index (κ3) is 6.92. The first-order valence-corrected chi connectivity index (χ1v) is 9.93. The Morgan fingerprint density at radius 3 is 2.33 bits per heavy atom. The second-order valence-electron chi connectivity index (χ2n) is 6.61. The number of nitrogens with one attached hydrogen (secondary N) is 1. The van der Waals surface area contributed by atoms with Gasteiger partial charge in [-0.3, -0.25) is 4.79 Å². The van der Waals surface area contributed by atoms with E-state index in [0.29, 0.717) is 10.0 Å². The number of ether oxygens (including phenoxy) is 1. The van der Waals surface area contributed by atoms with E-state index in [4.69, 9.17) is 27.9 Å². The Bertz CT molecular complexity index is 886. The first kappa shape index (κ1) is 24.0. The van der Waals surface area contributed by atoms with E-state index in [2.05, 4.69) is 5.32 Å². The monoisotopic (exact) mass is 461 g/mol. The predicted molar refractivity (Wildman–Crippen MR) is 109 cm³/mol. The van der Waals surface area contributed by atoms with Gasteiger partial charge in [0.05, 0.1) is 11.1 Å². The van der Waals surface area contributed by atoms with Crippen LogP contribution in [0, 0.1) is 0 Å². The van der Waals surface area contributed by atoms with Gasteiger partial charge in [0.2, 0.25) is 0 Å². The summed E-state index contributed by atoms with van der Waals surface area (Å²) in [5, 5.41) is 3.70. The molecule has 0 spiro atoms. The summed E-state index contributed by atoms with van der Waals surface area (Å²) in [4.78, 5) is 24.0. The predicted octanol–water partition coefficient (Wildman–Crippen LogP) is 5.87. The highest BCUT2D eigenvalue weighted by molar-refractivity contribution is 6.35. The molecule has 0 aliphatic rings. The van der Waals surface area contributed by atoms with Gasteiger partial charge >= 0.3 is 12.1 Å². The van der Waals surface area contributed by atoms with E-state index in [9.17, 15) is 22.8 Å². The molecule has 2 aromatic carbocycles. The van der Waals surface area contributed by atoms with E-state index < -0.39 is 30.2 Å². The first-order chi connectivity index (χ1) is 14.1. The van der Waals surface area contributed by atoms with Crippen LogP contribution in [0.3, 0.4) is 0 Å². The lowest BCUT2D eigenvalue weighted by molar-refractivity contribution is -0.137. The molecule has 2 rings (SSSR count). The summed E-state index contributed by atoms with van der Waals surface area (Å²) in [6.07, 6.45) is -2.86. The van der Waals surface area contributed by atoms with Crippen molar-refractivity contribution in [3.05, 3.63) is 69.2 Å². The second-order valence-corrected chi connectivity index (χ2v) is 7.45. The van der Waals surface area contributed by atoms with E-state index in [0.717, 1.165) is 42.7 Å². The molecule has 1 N–H and O–H groups in total. The zero-order valence-corrected chi connectivity index (χ0v) is 17.6. The fourth-order valence-electron chi connectivity index (χ4n) is 2.85. The second kappa shape index (κ2) is 10.7. The number of esters is 1. The molecule has 0 fully saturated rings. The molecule has 0 unspecified atom stereocenters. The van der Waals surface area contributed by atoms with Gasteiger partial charge < -0.3 is 10.1 Å². The van der Waals surface area contributed by atoms with Crippen molar-refractivity contribution in [3.8, 4) is 0 Å². The highest BCUT2D eigenvalue weighted by Crippen LogP contribution is 2.30. The third-order valence-corrected chi connectivity index (χ3v) is 4.93. The molecule has 0 saturated carbocycles. The number of amides is 1. The number of carbonyl (C=O) groups excluding carboxylic acids is 2. The number of rotatable bonds is 8. The van der Waals surface area contributed by atoms with Crippen LogP contribution < -0.4 is 5.32 Å². The van der Waals surface area contributed by atoms with Crippen molar-refractivity contribution >= 4 is 35.1 Å². The maximum absolute atomic E-state index is 12.6. The van der Waals surface area contributed by atoms with Crippen LogP contribution in [-0.2, 0) is 15.7 Å². The molecular weight excluding hydrogens is 442 g/mol. The van der Waals surface area contributed by atoms with Crippen molar-refractivity contribution in [1.82, 2.24) is 5.32 Å². The highest BCUT2D eigenvalue weighted by Gasteiger charge is 2.30. The maximum atomic E-state index is 12.6. The molecule has 1 amide bonds. The molecule has 1 atom stereocenters. The van der Waals surface area contributed by atoms with Crippen molar-refractivity contribution in [2.75, 3.05) is 13.2 Å². The van der Waals surface area contributed by atoms with Gasteiger partial charge in [-0.1, -0.05) is 42.6 Å². The van der Waals surface area contributed by atoms with Crippen LogP contribution in [0.2, 0.25) is 10.0 Å². The van der Waals surface area contributed by atoms with Crippen LogP contribution in [0.15, 0.2) is 42.5 Å². The van der Waals surface area contributed by atoms with Crippen LogP contribution in [-0.4, -0.2) is 25.0 Å². The first-order valence-electron chi connectivity index (χ1n) is 9.17. The average molecular weight is 462 g/mol. The molecule has 30 heavy (non-hydrogen) atoms. The average Bonchev–Trinajstić information content (AvgIpc) is 2.69. The lowest BCUT2D eigenvalue weighted by atomic mass is 9.94. The van der Waals surface area contributed by atoms with Crippen LogP contribution in [0.5, 0.6) is 0 Å². The number of carbonyl (C=O) groups is 2. The van der Waals surface area contributed by atoms with Gasteiger partial charge in [0, 0.05) is 22.5 Å². The van der Waals surface area contributed by atoms with Crippen LogP contribution in [0.4, 0.5) is 13.2 Å². The largest absolute Gasteiger partial charge is 0.452 e. The van der Waals surface area contributed by atoms with Crippen molar-refractivity contribution in [2.24, 2.45) is 0 Å². The molecular formula is C21H20Cl2F3NO3. The Kier molecular flexibility index (Phi) is 8.55. The van der Waals surface area contributed by atoms with Gasteiger partial charge in [-0.15, -0.1) is 0 Å². The van der Waals surface area contributed by atoms with E-state index in [1.165, 1.54) is 0 Å². The minimum Gasteiger partial charge on any atom is -0.452 e.